The van der Waals surface area contributed by atoms with Crippen molar-refractivity contribution in [2.45, 2.75) is 0 Å². The van der Waals surface area contributed by atoms with Crippen LogP contribution < -0.4 is 11.1 Å². The summed E-state index contributed by atoms with van der Waals surface area (Å²) in [7, 11) is 1.68. The van der Waals surface area contributed by atoms with Gasteiger partial charge in [-0.05, 0) is 7.05 Å². The van der Waals surface area contributed by atoms with Gasteiger partial charge in [-0.15, -0.1) is 0 Å². The van der Waals surface area contributed by atoms with Gasteiger partial charge in [0.25, 0.3) is 0 Å². The van der Waals surface area contributed by atoms with Crippen LogP contribution in [0.1, 0.15) is 0 Å². The minimum Gasteiger partial charge on any atom is -0.463 e. The second-order valence-corrected chi connectivity index (χ2v) is 1.54. The van der Waals surface area contributed by atoms with Gasteiger partial charge in [-0.25, -0.2) is 0 Å². The smallest absolute Gasteiger partial charge is 0.319 e. The molecule has 0 amide bonds. The normalized spacial score (nSPS) is 9.11. The van der Waals surface area contributed by atoms with Crippen LogP contribution in [-0.4, -0.2) is 32.7 Å². The van der Waals surface area contributed by atoms with E-state index < -0.39 is 0 Å². The molecule has 0 rings (SSSR count). The molecule has 3 N–H and O–H groups in total. The summed E-state index contributed by atoms with van der Waals surface area (Å²) in [6, 6.07) is 0. The monoisotopic (exact) mass is 132 g/mol. The highest BCUT2D eigenvalue weighted by Crippen LogP contribution is 1.72. The number of hydrogen-bond donors (Lipinski definition) is 2. The van der Waals surface area contributed by atoms with Crippen LogP contribution in [0.4, 0.5) is 0 Å². The zero-order valence-corrected chi connectivity index (χ0v) is 5.52. The summed E-state index contributed by atoms with van der Waals surface area (Å²) in [4.78, 5) is 10.5. The Balaban J connectivity index is 3.06. The van der Waals surface area contributed by atoms with Gasteiger partial charge in [-0.3, -0.25) is 4.79 Å². The zero-order valence-electron chi connectivity index (χ0n) is 5.52. The molecule has 0 unspecified atom stereocenters. The van der Waals surface area contributed by atoms with Crippen LogP contribution in [0.2, 0.25) is 0 Å². The molecule has 0 fully saturated rings. The van der Waals surface area contributed by atoms with Crippen LogP contribution in [0, 0.1) is 0 Å². The molecule has 0 aliphatic rings. The minimum atomic E-state index is -0.261. The van der Waals surface area contributed by atoms with Crippen molar-refractivity contribution in [1.82, 2.24) is 5.32 Å². The van der Waals surface area contributed by atoms with Crippen molar-refractivity contribution in [2.75, 3.05) is 26.7 Å². The van der Waals surface area contributed by atoms with Crippen molar-refractivity contribution in [3.05, 3.63) is 0 Å². The van der Waals surface area contributed by atoms with Crippen LogP contribution in [0.5, 0.6) is 0 Å². The van der Waals surface area contributed by atoms with Crippen LogP contribution in [0.15, 0.2) is 0 Å². The maximum Gasteiger partial charge on any atom is 0.319 e. The Morgan fingerprint density at radius 1 is 1.78 bits per heavy atom. The van der Waals surface area contributed by atoms with Gasteiger partial charge < -0.3 is 15.8 Å². The highest BCUT2D eigenvalue weighted by molar-refractivity contribution is 5.71. The molecule has 0 saturated heterocycles. The van der Waals surface area contributed by atoms with Crippen molar-refractivity contribution in [3.63, 3.8) is 0 Å². The number of nitrogens with two attached hydrogens (primary N) is 1. The lowest BCUT2D eigenvalue weighted by Crippen LogP contribution is -2.23. The molecule has 0 atom stereocenters. The highest BCUT2D eigenvalue weighted by atomic mass is 16.5. The molecule has 0 aromatic carbocycles. The van der Waals surface area contributed by atoms with Crippen molar-refractivity contribution >= 4 is 5.97 Å². The number of hydrogen-bond acceptors (Lipinski definition) is 4. The Morgan fingerprint density at radius 2 is 2.44 bits per heavy atom. The van der Waals surface area contributed by atoms with Crippen molar-refractivity contribution < 1.29 is 9.53 Å². The van der Waals surface area contributed by atoms with Gasteiger partial charge in [0.15, 0.2) is 0 Å². The lowest BCUT2D eigenvalue weighted by atomic mass is 10.6. The molecule has 0 aliphatic heterocycles. The zero-order chi connectivity index (χ0) is 7.11. The Kier molecular flexibility index (Phi) is 5.15. The predicted molar refractivity (Wildman–Crippen MR) is 33.9 cm³/mol. The van der Waals surface area contributed by atoms with E-state index >= 15 is 0 Å². The summed E-state index contributed by atoms with van der Waals surface area (Å²) in [5.41, 5.74) is 5.08. The van der Waals surface area contributed by atoms with Gasteiger partial charge in [0.05, 0.1) is 6.54 Å². The summed E-state index contributed by atoms with van der Waals surface area (Å²) in [5, 5.41) is 2.66. The van der Waals surface area contributed by atoms with Crippen LogP contribution in [0.3, 0.4) is 0 Å². The van der Waals surface area contributed by atoms with E-state index in [1.165, 1.54) is 0 Å². The molecule has 54 valence electrons. The number of likely N-dealkylation sites (N-methyl/N-ethyl adjacent to an activating group) is 1. The van der Waals surface area contributed by atoms with E-state index in [1.807, 2.05) is 0 Å². The number of nitrogens with one attached hydrogen (secondary N) is 1. The predicted octanol–water partition coefficient (Wildman–Crippen LogP) is -1.29. The SMILES string of the molecule is CNCC(=O)OCCN. The maximum atomic E-state index is 10.5. The summed E-state index contributed by atoms with van der Waals surface area (Å²) < 4.78 is 4.61. The molecular weight excluding hydrogens is 120 g/mol. The molecule has 0 radical (unpaired) electrons. The number of rotatable bonds is 4. The van der Waals surface area contributed by atoms with Gasteiger partial charge >= 0.3 is 5.97 Å². The number of carbonyl (C=O) groups is 1. The largest absolute Gasteiger partial charge is 0.463 e. The van der Waals surface area contributed by atoms with Gasteiger partial charge in [0.1, 0.15) is 6.61 Å². The van der Waals surface area contributed by atoms with Crippen LogP contribution >= 0.6 is 0 Å². The topological polar surface area (TPSA) is 64.3 Å². The molecule has 0 heterocycles. The van der Waals surface area contributed by atoms with E-state index in [1.54, 1.807) is 7.05 Å². The third-order valence-corrected chi connectivity index (χ3v) is 0.702. The number of carbonyl (C=O) groups excluding carboxylic acids is 1. The lowest BCUT2D eigenvalue weighted by Gasteiger charge is -1.99. The number of esters is 1. The van der Waals surface area contributed by atoms with E-state index in [9.17, 15) is 4.79 Å². The Morgan fingerprint density at radius 3 is 2.89 bits per heavy atom. The maximum absolute atomic E-state index is 10.5. The second kappa shape index (κ2) is 5.53. The van der Waals surface area contributed by atoms with Crippen LogP contribution in [0.25, 0.3) is 0 Å². The van der Waals surface area contributed by atoms with E-state index in [-0.39, 0.29) is 12.5 Å². The number of ether oxygens (including phenoxy) is 1. The van der Waals surface area contributed by atoms with Gasteiger partial charge in [-0.2, -0.15) is 0 Å². The fourth-order valence-electron chi connectivity index (χ4n) is 0.368. The van der Waals surface area contributed by atoms with E-state index in [2.05, 4.69) is 10.1 Å². The summed E-state index contributed by atoms with van der Waals surface area (Å²) in [6.07, 6.45) is 0. The molecule has 4 heteroatoms. The first-order valence-corrected chi connectivity index (χ1v) is 2.81. The molecule has 9 heavy (non-hydrogen) atoms. The molecule has 0 aromatic rings. The molecule has 0 saturated carbocycles. The third kappa shape index (κ3) is 5.26. The molecule has 0 aromatic heterocycles. The van der Waals surface area contributed by atoms with Gasteiger partial charge in [0, 0.05) is 6.54 Å². The average Bonchev–Trinajstić information content (AvgIpc) is 1.85. The summed E-state index contributed by atoms with van der Waals surface area (Å²) in [6.45, 7) is 0.940. The first kappa shape index (κ1) is 8.39. The van der Waals surface area contributed by atoms with Gasteiger partial charge in [0.2, 0.25) is 0 Å². The molecule has 0 bridgehead atoms. The van der Waals surface area contributed by atoms with E-state index in [0.29, 0.717) is 13.2 Å². The van der Waals surface area contributed by atoms with Crippen molar-refractivity contribution in [1.29, 1.82) is 0 Å². The molecular formula is C5H12N2O2. The highest BCUT2D eigenvalue weighted by Gasteiger charge is 1.96. The molecule has 0 spiro atoms. The van der Waals surface area contributed by atoms with Crippen molar-refractivity contribution in [2.24, 2.45) is 5.73 Å². The lowest BCUT2D eigenvalue weighted by molar-refractivity contribution is -0.142. The third-order valence-electron chi connectivity index (χ3n) is 0.702. The fraction of sp³-hybridized carbons (Fsp3) is 0.800. The standard InChI is InChI=1S/C5H12N2O2/c1-7-4-5(8)9-3-2-6/h7H,2-4,6H2,1H3. The second-order valence-electron chi connectivity index (χ2n) is 1.54. The Hall–Kier alpha value is -0.610. The van der Waals surface area contributed by atoms with Crippen LogP contribution in [-0.2, 0) is 9.53 Å². The Labute approximate surface area is 54.4 Å². The summed E-state index contributed by atoms with van der Waals surface area (Å²) in [5.74, 6) is -0.261. The fourth-order valence-corrected chi connectivity index (χ4v) is 0.368. The average molecular weight is 132 g/mol. The van der Waals surface area contributed by atoms with E-state index in [0.717, 1.165) is 0 Å². The first-order valence-electron chi connectivity index (χ1n) is 2.81. The van der Waals surface area contributed by atoms with Gasteiger partial charge in [-0.1, -0.05) is 0 Å². The molecule has 0 aliphatic carbocycles. The quantitative estimate of drug-likeness (QED) is 0.467. The molecule has 4 nitrogen and oxygen atoms in total. The first-order chi connectivity index (χ1) is 4.31. The summed E-state index contributed by atoms with van der Waals surface area (Å²) >= 11 is 0. The minimum absolute atomic E-state index is 0.250. The van der Waals surface area contributed by atoms with Crippen molar-refractivity contribution in [3.8, 4) is 0 Å². The Bertz CT molecular complexity index is 85.0. The van der Waals surface area contributed by atoms with E-state index in [4.69, 9.17) is 5.73 Å².